The zero-order valence-electron chi connectivity index (χ0n) is 16.0. The summed E-state index contributed by atoms with van der Waals surface area (Å²) < 4.78 is 0. The maximum atomic E-state index is 12.4. The Morgan fingerprint density at radius 1 is 0.828 bits per heavy atom. The highest BCUT2D eigenvalue weighted by Gasteiger charge is 2.32. The van der Waals surface area contributed by atoms with E-state index in [1.165, 1.54) is 0 Å². The molecule has 13 nitrogen and oxygen atoms in total. The first-order valence-corrected chi connectivity index (χ1v) is 8.65. The fourth-order valence-corrected chi connectivity index (χ4v) is 2.21. The molecule has 0 aliphatic carbocycles. The van der Waals surface area contributed by atoms with Crippen molar-refractivity contribution in [3.8, 4) is 0 Å². The molecule has 0 aromatic rings. The Kier molecular flexibility index (Phi) is 10.9. The highest BCUT2D eigenvalue weighted by atomic mass is 16.4. The second-order valence-electron chi connectivity index (χ2n) is 6.48. The Morgan fingerprint density at radius 2 is 1.41 bits per heavy atom. The summed E-state index contributed by atoms with van der Waals surface area (Å²) in [7, 11) is 0. The van der Waals surface area contributed by atoms with E-state index < -0.39 is 79.1 Å². The summed E-state index contributed by atoms with van der Waals surface area (Å²) in [5.74, 6) is -7.27. The third-order valence-corrected chi connectivity index (χ3v) is 3.72. The van der Waals surface area contributed by atoms with E-state index in [1.807, 2.05) is 0 Å². The molecular weight excluding hydrogens is 392 g/mol. The summed E-state index contributed by atoms with van der Waals surface area (Å²) in [5, 5.41) is 33.3. The van der Waals surface area contributed by atoms with Crippen molar-refractivity contribution in [3.63, 3.8) is 0 Å². The van der Waals surface area contributed by atoms with Gasteiger partial charge in [0.25, 0.3) is 0 Å². The van der Waals surface area contributed by atoms with Gasteiger partial charge >= 0.3 is 17.9 Å². The molecule has 0 aliphatic rings. The minimum atomic E-state index is -1.50. The van der Waals surface area contributed by atoms with Crippen molar-refractivity contribution >= 4 is 35.6 Å². The van der Waals surface area contributed by atoms with Crippen LogP contribution in [-0.2, 0) is 28.8 Å². The molecule has 0 radical (unpaired) electrons. The maximum Gasteiger partial charge on any atom is 0.326 e. The van der Waals surface area contributed by atoms with E-state index in [0.717, 1.165) is 0 Å². The molecule has 29 heavy (non-hydrogen) atoms. The van der Waals surface area contributed by atoms with E-state index in [2.05, 4.69) is 16.0 Å². The number of nitrogens with one attached hydrogen (secondary N) is 3. The molecule has 0 heterocycles. The van der Waals surface area contributed by atoms with Crippen LogP contribution in [0.4, 0.5) is 0 Å². The first-order chi connectivity index (χ1) is 13.4. The zero-order valence-corrected chi connectivity index (χ0v) is 16.0. The summed E-state index contributed by atoms with van der Waals surface area (Å²) in [6.45, 7) is 2.60. The maximum absolute atomic E-state index is 12.4. The molecule has 3 unspecified atom stereocenters. The average Bonchev–Trinajstić information content (AvgIpc) is 2.60. The Morgan fingerprint density at radius 3 is 1.83 bits per heavy atom. The van der Waals surface area contributed by atoms with Crippen molar-refractivity contribution in [1.29, 1.82) is 0 Å². The molecule has 0 bridgehead atoms. The number of carboxylic acid groups (broad SMARTS) is 3. The smallest absolute Gasteiger partial charge is 0.326 e. The second-order valence-corrected chi connectivity index (χ2v) is 6.48. The largest absolute Gasteiger partial charge is 0.481 e. The molecule has 3 atom stereocenters. The van der Waals surface area contributed by atoms with Crippen LogP contribution in [-0.4, -0.2) is 75.6 Å². The predicted molar refractivity (Wildman–Crippen MR) is 96.4 cm³/mol. The van der Waals surface area contributed by atoms with Gasteiger partial charge in [0.05, 0.1) is 13.0 Å². The molecule has 0 saturated heterocycles. The van der Waals surface area contributed by atoms with Crippen molar-refractivity contribution in [3.05, 3.63) is 0 Å². The number of carboxylic acids is 3. The lowest BCUT2D eigenvalue weighted by Crippen LogP contribution is -2.58. The van der Waals surface area contributed by atoms with Crippen LogP contribution in [0.2, 0.25) is 0 Å². The van der Waals surface area contributed by atoms with Crippen molar-refractivity contribution in [1.82, 2.24) is 16.0 Å². The number of nitrogens with two attached hydrogens (primary N) is 1. The third-order valence-electron chi connectivity index (χ3n) is 3.72. The van der Waals surface area contributed by atoms with Crippen molar-refractivity contribution < 1.29 is 44.1 Å². The molecule has 8 N–H and O–H groups in total. The fourth-order valence-electron chi connectivity index (χ4n) is 2.21. The SMILES string of the molecule is CC(C)C(NC(=O)C(CC(=O)O)NC(=O)CN)C(=O)NC(CCC(=O)O)C(=O)O. The first-order valence-electron chi connectivity index (χ1n) is 8.65. The van der Waals surface area contributed by atoms with Gasteiger partial charge in [0, 0.05) is 6.42 Å². The molecule has 0 rings (SSSR count). The average molecular weight is 418 g/mol. The third kappa shape index (κ3) is 10.0. The lowest BCUT2D eigenvalue weighted by atomic mass is 10.0. The lowest BCUT2D eigenvalue weighted by molar-refractivity contribution is -0.144. The fraction of sp³-hybridized carbons (Fsp3) is 0.625. The first kappa shape index (κ1) is 25.8. The molecule has 0 saturated carbocycles. The summed E-state index contributed by atoms with van der Waals surface area (Å²) in [5.41, 5.74) is 5.13. The molecule has 0 aromatic carbocycles. The van der Waals surface area contributed by atoms with Crippen molar-refractivity contribution in [2.45, 2.75) is 51.2 Å². The Hall–Kier alpha value is -3.22. The minimum Gasteiger partial charge on any atom is -0.481 e. The number of amides is 3. The summed E-state index contributed by atoms with van der Waals surface area (Å²) in [6.07, 6.45) is -1.63. The van der Waals surface area contributed by atoms with Crippen LogP contribution in [0.5, 0.6) is 0 Å². The normalized spacial score (nSPS) is 13.7. The van der Waals surface area contributed by atoms with Crippen LogP contribution in [0.15, 0.2) is 0 Å². The summed E-state index contributed by atoms with van der Waals surface area (Å²) in [4.78, 5) is 69.0. The van der Waals surface area contributed by atoms with Crippen LogP contribution in [0.3, 0.4) is 0 Å². The number of carbonyl (C=O) groups is 6. The van der Waals surface area contributed by atoms with Gasteiger partial charge in [0.15, 0.2) is 0 Å². The van der Waals surface area contributed by atoms with Gasteiger partial charge in [-0.1, -0.05) is 13.8 Å². The Bertz CT molecular complexity index is 650. The molecule has 3 amide bonds. The number of hydrogen-bond acceptors (Lipinski definition) is 7. The monoisotopic (exact) mass is 418 g/mol. The molecule has 164 valence electrons. The van der Waals surface area contributed by atoms with E-state index in [0.29, 0.717) is 0 Å². The number of carbonyl (C=O) groups excluding carboxylic acids is 3. The van der Waals surface area contributed by atoms with Crippen LogP contribution in [0.1, 0.15) is 33.1 Å². The van der Waals surface area contributed by atoms with E-state index in [1.54, 1.807) is 13.8 Å². The standard InChI is InChI=1S/C16H26N4O9/c1-7(2)13(15(27)19-8(16(28)29)3-4-11(22)23)20-14(26)9(5-12(24)25)18-10(21)6-17/h7-9,13H,3-6,17H2,1-2H3,(H,18,21)(H,19,27)(H,20,26)(H,22,23)(H,24,25)(H,28,29). The highest BCUT2D eigenvalue weighted by molar-refractivity contribution is 5.95. The van der Waals surface area contributed by atoms with Crippen molar-refractivity contribution in [2.75, 3.05) is 6.54 Å². The Labute approximate surface area is 166 Å². The molecule has 0 spiro atoms. The molecule has 0 aromatic heterocycles. The van der Waals surface area contributed by atoms with Crippen LogP contribution >= 0.6 is 0 Å². The molecule has 0 aliphatic heterocycles. The van der Waals surface area contributed by atoms with Gasteiger partial charge in [-0.15, -0.1) is 0 Å². The minimum absolute atomic E-state index is 0.372. The molecule has 13 heteroatoms. The number of hydrogen-bond donors (Lipinski definition) is 7. The predicted octanol–water partition coefficient (Wildman–Crippen LogP) is -2.52. The van der Waals surface area contributed by atoms with E-state index in [9.17, 15) is 28.8 Å². The summed E-state index contributed by atoms with van der Waals surface area (Å²) in [6, 6.07) is -4.26. The van der Waals surface area contributed by atoms with Gasteiger partial charge in [-0.3, -0.25) is 24.0 Å². The number of rotatable bonds is 13. The van der Waals surface area contributed by atoms with Gasteiger partial charge in [-0.2, -0.15) is 0 Å². The topological polar surface area (TPSA) is 225 Å². The summed E-state index contributed by atoms with van der Waals surface area (Å²) >= 11 is 0. The van der Waals surface area contributed by atoms with Gasteiger partial charge in [-0.25, -0.2) is 4.79 Å². The molecular formula is C16H26N4O9. The van der Waals surface area contributed by atoms with Crippen LogP contribution < -0.4 is 21.7 Å². The Balaban J connectivity index is 5.29. The van der Waals surface area contributed by atoms with Crippen LogP contribution in [0, 0.1) is 5.92 Å². The lowest BCUT2D eigenvalue weighted by Gasteiger charge is -2.26. The quantitative estimate of drug-likeness (QED) is 0.166. The number of aliphatic carboxylic acids is 3. The highest BCUT2D eigenvalue weighted by Crippen LogP contribution is 2.06. The zero-order chi connectivity index (χ0) is 22.7. The van der Waals surface area contributed by atoms with Gasteiger partial charge in [-0.05, 0) is 12.3 Å². The van der Waals surface area contributed by atoms with Gasteiger partial charge in [0.2, 0.25) is 17.7 Å². The molecule has 0 fully saturated rings. The van der Waals surface area contributed by atoms with Crippen molar-refractivity contribution in [2.24, 2.45) is 11.7 Å². The van der Waals surface area contributed by atoms with Crippen LogP contribution in [0.25, 0.3) is 0 Å². The van der Waals surface area contributed by atoms with Gasteiger partial charge in [0.1, 0.15) is 18.1 Å². The van der Waals surface area contributed by atoms with Gasteiger partial charge < -0.3 is 37.0 Å². The van der Waals surface area contributed by atoms with E-state index >= 15 is 0 Å². The van der Waals surface area contributed by atoms with E-state index in [-0.39, 0.29) is 6.42 Å². The van der Waals surface area contributed by atoms with E-state index in [4.69, 9.17) is 21.1 Å². The second kappa shape index (κ2) is 12.3.